The Morgan fingerprint density at radius 2 is 2.00 bits per heavy atom. The molecule has 0 nitrogen and oxygen atoms in total. The molecule has 0 aromatic carbocycles. The molecule has 0 saturated heterocycles. The highest BCUT2D eigenvalue weighted by Gasteiger charge is 2.09. The van der Waals surface area contributed by atoms with E-state index in [1.165, 1.54) is 12.8 Å². The molecule has 0 aliphatic carbocycles. The van der Waals surface area contributed by atoms with Crippen molar-refractivity contribution in [3.05, 3.63) is 0 Å². The molecule has 0 fully saturated rings. The minimum Gasteiger partial charge on any atom is -0.179 e. The van der Waals surface area contributed by atoms with E-state index >= 15 is 0 Å². The van der Waals surface area contributed by atoms with Crippen molar-refractivity contribution in [3.8, 4) is 0 Å². The monoisotopic (exact) mass is 164 g/mol. The number of rotatable bonds is 4. The zero-order valence-electron chi connectivity index (χ0n) is 6.17. The highest BCUT2D eigenvalue weighted by atomic mass is 32.1. The lowest BCUT2D eigenvalue weighted by molar-refractivity contribution is 0.532. The van der Waals surface area contributed by atoms with Crippen molar-refractivity contribution in [2.24, 2.45) is 5.92 Å². The van der Waals surface area contributed by atoms with Crippen LogP contribution < -0.4 is 0 Å². The summed E-state index contributed by atoms with van der Waals surface area (Å²) in [4.78, 5) is 0. The Bertz CT molecular complexity index is 61.9. The number of hydrogen-bond donors (Lipinski definition) is 2. The molecule has 0 rings (SSSR count). The van der Waals surface area contributed by atoms with E-state index in [0.717, 1.165) is 5.75 Å². The van der Waals surface area contributed by atoms with Crippen LogP contribution in [0.5, 0.6) is 0 Å². The average molecular weight is 164 g/mol. The first-order chi connectivity index (χ1) is 4.22. The third-order valence-corrected chi connectivity index (χ3v) is 2.47. The number of thiol groups is 2. The predicted molar refractivity (Wildman–Crippen MR) is 50.7 cm³/mol. The van der Waals surface area contributed by atoms with Crippen LogP contribution >= 0.6 is 25.3 Å². The Morgan fingerprint density at radius 1 is 1.44 bits per heavy atom. The molecule has 0 N–H and O–H groups in total. The molecule has 2 unspecified atom stereocenters. The molecule has 0 bridgehead atoms. The first kappa shape index (κ1) is 9.70. The summed E-state index contributed by atoms with van der Waals surface area (Å²) in [6, 6.07) is 0. The molecule has 0 aromatic heterocycles. The Balaban J connectivity index is 3.41. The molecule has 0 aliphatic heterocycles. The van der Waals surface area contributed by atoms with Crippen LogP contribution in [0, 0.1) is 5.92 Å². The van der Waals surface area contributed by atoms with E-state index in [4.69, 9.17) is 0 Å². The van der Waals surface area contributed by atoms with Gasteiger partial charge in [0.1, 0.15) is 0 Å². The number of hydrogen-bond acceptors (Lipinski definition) is 2. The van der Waals surface area contributed by atoms with Gasteiger partial charge >= 0.3 is 0 Å². The van der Waals surface area contributed by atoms with Crippen molar-refractivity contribution in [2.75, 3.05) is 5.75 Å². The van der Waals surface area contributed by atoms with Gasteiger partial charge in [-0.2, -0.15) is 25.3 Å². The summed E-state index contributed by atoms with van der Waals surface area (Å²) in [5.41, 5.74) is 0. The molecule has 0 aliphatic rings. The summed E-state index contributed by atoms with van der Waals surface area (Å²) in [7, 11) is 0. The van der Waals surface area contributed by atoms with Crippen LogP contribution in [0.1, 0.15) is 26.7 Å². The first-order valence-corrected chi connectivity index (χ1v) is 4.66. The fourth-order valence-electron chi connectivity index (χ4n) is 0.856. The summed E-state index contributed by atoms with van der Waals surface area (Å²) >= 11 is 8.60. The topological polar surface area (TPSA) is 0 Å². The second-order valence-corrected chi connectivity index (χ2v) is 3.65. The fourth-order valence-corrected chi connectivity index (χ4v) is 1.78. The molecular formula is C7H16S2. The van der Waals surface area contributed by atoms with Gasteiger partial charge in [0.05, 0.1) is 0 Å². The minimum atomic E-state index is 0.502. The Labute approximate surface area is 69.2 Å². The summed E-state index contributed by atoms with van der Waals surface area (Å²) < 4.78 is 0. The van der Waals surface area contributed by atoms with Gasteiger partial charge in [0.15, 0.2) is 0 Å². The normalized spacial score (nSPS) is 17.3. The van der Waals surface area contributed by atoms with Crippen molar-refractivity contribution < 1.29 is 0 Å². The molecule has 0 heterocycles. The van der Waals surface area contributed by atoms with E-state index in [1.54, 1.807) is 0 Å². The third-order valence-electron chi connectivity index (χ3n) is 1.58. The lowest BCUT2D eigenvalue weighted by Crippen LogP contribution is -2.12. The SMILES string of the molecule is CCCC(CS)C(C)S. The Morgan fingerprint density at radius 3 is 2.11 bits per heavy atom. The molecule has 0 aromatic rings. The highest BCUT2D eigenvalue weighted by Crippen LogP contribution is 2.16. The van der Waals surface area contributed by atoms with Gasteiger partial charge in [0.2, 0.25) is 0 Å². The molecule has 2 heteroatoms. The first-order valence-electron chi connectivity index (χ1n) is 3.51. The van der Waals surface area contributed by atoms with Gasteiger partial charge in [-0.05, 0) is 18.1 Å². The van der Waals surface area contributed by atoms with Gasteiger partial charge in [-0.25, -0.2) is 0 Å². The molecular weight excluding hydrogens is 148 g/mol. The Kier molecular flexibility index (Phi) is 5.91. The van der Waals surface area contributed by atoms with Gasteiger partial charge in [-0.3, -0.25) is 0 Å². The minimum absolute atomic E-state index is 0.502. The van der Waals surface area contributed by atoms with Crippen LogP contribution in [-0.4, -0.2) is 11.0 Å². The van der Waals surface area contributed by atoms with E-state index in [9.17, 15) is 0 Å². The average Bonchev–Trinajstić information content (AvgIpc) is 1.82. The van der Waals surface area contributed by atoms with E-state index in [2.05, 4.69) is 39.1 Å². The van der Waals surface area contributed by atoms with Crippen LogP contribution in [0.15, 0.2) is 0 Å². The van der Waals surface area contributed by atoms with Crippen molar-refractivity contribution in [1.29, 1.82) is 0 Å². The van der Waals surface area contributed by atoms with Crippen LogP contribution in [-0.2, 0) is 0 Å². The molecule has 0 saturated carbocycles. The summed E-state index contributed by atoms with van der Waals surface area (Å²) in [6.07, 6.45) is 2.50. The second-order valence-electron chi connectivity index (χ2n) is 2.47. The second kappa shape index (κ2) is 5.48. The molecule has 56 valence electrons. The summed E-state index contributed by atoms with van der Waals surface area (Å²) in [5, 5.41) is 0.502. The summed E-state index contributed by atoms with van der Waals surface area (Å²) in [5.74, 6) is 1.67. The van der Waals surface area contributed by atoms with Crippen LogP contribution in [0.4, 0.5) is 0 Å². The van der Waals surface area contributed by atoms with Gasteiger partial charge in [0, 0.05) is 5.25 Å². The van der Waals surface area contributed by atoms with Crippen molar-refractivity contribution in [1.82, 2.24) is 0 Å². The molecule has 2 atom stereocenters. The Hall–Kier alpha value is 0.700. The quantitative estimate of drug-likeness (QED) is 0.586. The van der Waals surface area contributed by atoms with E-state index in [0.29, 0.717) is 11.2 Å². The van der Waals surface area contributed by atoms with Crippen LogP contribution in [0.2, 0.25) is 0 Å². The maximum atomic E-state index is 4.36. The van der Waals surface area contributed by atoms with Gasteiger partial charge in [0.25, 0.3) is 0 Å². The fraction of sp³-hybridized carbons (Fsp3) is 1.00. The lowest BCUT2D eigenvalue weighted by Gasteiger charge is -2.15. The van der Waals surface area contributed by atoms with Gasteiger partial charge in [-0.1, -0.05) is 20.3 Å². The van der Waals surface area contributed by atoms with Crippen LogP contribution in [0.25, 0.3) is 0 Å². The summed E-state index contributed by atoms with van der Waals surface area (Å²) in [6.45, 7) is 4.34. The maximum Gasteiger partial charge on any atom is 0.00245 e. The molecule has 0 amide bonds. The zero-order chi connectivity index (χ0) is 7.28. The van der Waals surface area contributed by atoms with Gasteiger partial charge in [-0.15, -0.1) is 0 Å². The maximum absolute atomic E-state index is 4.36. The molecule has 9 heavy (non-hydrogen) atoms. The zero-order valence-corrected chi connectivity index (χ0v) is 7.96. The van der Waals surface area contributed by atoms with Crippen molar-refractivity contribution in [3.63, 3.8) is 0 Å². The van der Waals surface area contributed by atoms with Crippen molar-refractivity contribution in [2.45, 2.75) is 31.9 Å². The van der Waals surface area contributed by atoms with Gasteiger partial charge < -0.3 is 0 Å². The standard InChI is InChI=1S/C7H16S2/c1-3-4-7(5-8)6(2)9/h6-9H,3-5H2,1-2H3. The smallest absolute Gasteiger partial charge is 0.00245 e. The highest BCUT2D eigenvalue weighted by molar-refractivity contribution is 7.81. The van der Waals surface area contributed by atoms with E-state index in [-0.39, 0.29) is 0 Å². The largest absolute Gasteiger partial charge is 0.179 e. The third kappa shape index (κ3) is 4.15. The predicted octanol–water partition coefficient (Wildman–Crippen LogP) is 2.65. The van der Waals surface area contributed by atoms with E-state index < -0.39 is 0 Å². The van der Waals surface area contributed by atoms with Crippen LogP contribution in [0.3, 0.4) is 0 Å². The molecule has 0 radical (unpaired) electrons. The lowest BCUT2D eigenvalue weighted by atomic mass is 10.0. The van der Waals surface area contributed by atoms with Crippen molar-refractivity contribution >= 4 is 25.3 Å². The molecule has 0 spiro atoms. The van der Waals surface area contributed by atoms with E-state index in [1.807, 2.05) is 0 Å².